The summed E-state index contributed by atoms with van der Waals surface area (Å²) in [5, 5.41) is 10.7. The molecule has 8 nitrogen and oxygen atoms in total. The van der Waals surface area contributed by atoms with Crippen molar-refractivity contribution < 1.29 is 4.74 Å². The quantitative estimate of drug-likeness (QED) is 0.334. The molecule has 0 aliphatic carbocycles. The Labute approximate surface area is 206 Å². The van der Waals surface area contributed by atoms with Gasteiger partial charge in [0.2, 0.25) is 0 Å². The van der Waals surface area contributed by atoms with Crippen molar-refractivity contribution in [1.82, 2.24) is 25.1 Å². The van der Waals surface area contributed by atoms with Crippen LogP contribution in [0.5, 0.6) is 5.75 Å². The van der Waals surface area contributed by atoms with E-state index in [0.717, 1.165) is 84.4 Å². The van der Waals surface area contributed by atoms with Crippen molar-refractivity contribution >= 4 is 27.6 Å². The topological polar surface area (TPSA) is 119 Å². The van der Waals surface area contributed by atoms with E-state index < -0.39 is 0 Å². The van der Waals surface area contributed by atoms with Gasteiger partial charge in [-0.2, -0.15) is 5.10 Å². The summed E-state index contributed by atoms with van der Waals surface area (Å²) in [6, 6.07) is 12.4. The fraction of sp³-hybridized carbons (Fsp3) is 0.444. The van der Waals surface area contributed by atoms with Gasteiger partial charge in [0, 0.05) is 12.0 Å². The van der Waals surface area contributed by atoms with E-state index in [0.29, 0.717) is 24.0 Å². The standard InChI is InChI=1S/C27H35N7O/c1-2-35-22-8-7-19-16-21(6-5-20(19)17-22)25-24-26(29)30-23(31-27(24)33-32-25)9-4-18-10-14-34(15-11-18)13-3-12-28/h5-8,16-18H,2-4,9-15,28H2,1H3,(H3,29,30,31,32,33). The first-order chi connectivity index (χ1) is 17.1. The van der Waals surface area contributed by atoms with Gasteiger partial charge in [-0.3, -0.25) is 5.10 Å². The third-order valence-corrected chi connectivity index (χ3v) is 7.05. The first kappa shape index (κ1) is 23.5. The van der Waals surface area contributed by atoms with Crippen LogP contribution in [0.1, 0.15) is 38.4 Å². The fourth-order valence-electron chi connectivity index (χ4n) is 5.10. The second-order valence-electron chi connectivity index (χ2n) is 9.44. The molecule has 0 radical (unpaired) electrons. The number of aromatic nitrogens is 4. The zero-order valence-electron chi connectivity index (χ0n) is 20.5. The van der Waals surface area contributed by atoms with Gasteiger partial charge in [-0.05, 0) is 93.7 Å². The van der Waals surface area contributed by atoms with Crippen LogP contribution in [0.15, 0.2) is 36.4 Å². The Morgan fingerprint density at radius 1 is 1.09 bits per heavy atom. The van der Waals surface area contributed by atoms with Crippen molar-refractivity contribution in [3.05, 3.63) is 42.2 Å². The van der Waals surface area contributed by atoms with Crippen LogP contribution in [-0.4, -0.2) is 57.9 Å². The molecule has 0 atom stereocenters. The Balaban J connectivity index is 1.30. The molecule has 3 heterocycles. The maximum absolute atomic E-state index is 6.43. The number of nitrogens with one attached hydrogen (secondary N) is 1. The van der Waals surface area contributed by atoms with E-state index in [2.05, 4.69) is 50.4 Å². The van der Waals surface area contributed by atoms with Crippen LogP contribution < -0.4 is 16.2 Å². The van der Waals surface area contributed by atoms with Gasteiger partial charge in [0.1, 0.15) is 23.1 Å². The summed E-state index contributed by atoms with van der Waals surface area (Å²) in [5.41, 5.74) is 14.5. The number of piperidine rings is 1. The van der Waals surface area contributed by atoms with Crippen molar-refractivity contribution in [1.29, 1.82) is 0 Å². The van der Waals surface area contributed by atoms with E-state index in [1.54, 1.807) is 0 Å². The van der Waals surface area contributed by atoms with Crippen LogP contribution in [0.2, 0.25) is 0 Å². The van der Waals surface area contributed by atoms with Crippen LogP contribution >= 0.6 is 0 Å². The number of ether oxygens (including phenoxy) is 1. The van der Waals surface area contributed by atoms with Crippen molar-refractivity contribution in [2.75, 3.05) is 38.5 Å². The number of hydrogen-bond acceptors (Lipinski definition) is 7. The summed E-state index contributed by atoms with van der Waals surface area (Å²) in [4.78, 5) is 12.0. The van der Waals surface area contributed by atoms with Gasteiger partial charge >= 0.3 is 0 Å². The molecule has 0 unspecified atom stereocenters. The lowest BCUT2D eigenvalue weighted by Crippen LogP contribution is -2.35. The molecule has 4 aromatic rings. The van der Waals surface area contributed by atoms with Gasteiger partial charge in [-0.1, -0.05) is 18.2 Å². The minimum absolute atomic E-state index is 0.483. The van der Waals surface area contributed by atoms with Gasteiger partial charge in [0.25, 0.3) is 0 Å². The highest BCUT2D eigenvalue weighted by atomic mass is 16.5. The highest BCUT2D eigenvalue weighted by Gasteiger charge is 2.20. The molecule has 1 aliphatic heterocycles. The molecule has 1 fully saturated rings. The first-order valence-corrected chi connectivity index (χ1v) is 12.7. The SMILES string of the molecule is CCOc1ccc2cc(-c3n[nH]c4nc(CCC5CCN(CCCN)CC5)nc(N)c34)ccc2c1. The van der Waals surface area contributed by atoms with Crippen LogP contribution in [0.25, 0.3) is 33.1 Å². The lowest BCUT2D eigenvalue weighted by molar-refractivity contribution is 0.178. The number of nitrogens with two attached hydrogens (primary N) is 2. The zero-order valence-corrected chi connectivity index (χ0v) is 20.5. The molecule has 1 aliphatic rings. The average Bonchev–Trinajstić information content (AvgIpc) is 3.31. The second kappa shape index (κ2) is 10.6. The molecule has 5 rings (SSSR count). The minimum Gasteiger partial charge on any atom is -0.494 e. The average molecular weight is 474 g/mol. The molecule has 0 saturated carbocycles. The number of rotatable bonds is 9. The summed E-state index contributed by atoms with van der Waals surface area (Å²) in [6.45, 7) is 6.85. The van der Waals surface area contributed by atoms with Gasteiger partial charge in [-0.15, -0.1) is 0 Å². The van der Waals surface area contributed by atoms with Gasteiger partial charge in [0.15, 0.2) is 5.65 Å². The largest absolute Gasteiger partial charge is 0.494 e. The Kier molecular flexibility index (Phi) is 7.11. The van der Waals surface area contributed by atoms with E-state index in [-0.39, 0.29) is 0 Å². The Morgan fingerprint density at radius 3 is 2.69 bits per heavy atom. The number of benzene rings is 2. The molecule has 35 heavy (non-hydrogen) atoms. The summed E-state index contributed by atoms with van der Waals surface area (Å²) >= 11 is 0. The van der Waals surface area contributed by atoms with Crippen LogP contribution in [0, 0.1) is 5.92 Å². The third kappa shape index (κ3) is 5.23. The lowest BCUT2D eigenvalue weighted by atomic mass is 9.92. The Bertz CT molecular complexity index is 1290. The summed E-state index contributed by atoms with van der Waals surface area (Å²) in [5.74, 6) is 2.86. The van der Waals surface area contributed by atoms with Crippen molar-refractivity contribution in [3.63, 3.8) is 0 Å². The fourth-order valence-corrected chi connectivity index (χ4v) is 5.10. The molecule has 5 N–H and O–H groups in total. The van der Waals surface area contributed by atoms with Crippen molar-refractivity contribution in [3.8, 4) is 17.0 Å². The van der Waals surface area contributed by atoms with Crippen molar-refractivity contribution in [2.45, 2.75) is 39.0 Å². The van der Waals surface area contributed by atoms with Gasteiger partial charge in [0.05, 0.1) is 12.0 Å². The van der Waals surface area contributed by atoms with E-state index in [4.69, 9.17) is 21.2 Å². The predicted molar refractivity (Wildman–Crippen MR) is 141 cm³/mol. The van der Waals surface area contributed by atoms with Crippen LogP contribution in [0.4, 0.5) is 5.82 Å². The molecule has 2 aromatic carbocycles. The third-order valence-electron chi connectivity index (χ3n) is 7.05. The molecule has 0 bridgehead atoms. The summed E-state index contributed by atoms with van der Waals surface area (Å²) in [6.07, 6.45) is 5.46. The lowest BCUT2D eigenvalue weighted by Gasteiger charge is -2.31. The monoisotopic (exact) mass is 473 g/mol. The van der Waals surface area contributed by atoms with E-state index >= 15 is 0 Å². The number of likely N-dealkylation sites (tertiary alicyclic amines) is 1. The number of fused-ring (bicyclic) bond motifs is 2. The molecule has 8 heteroatoms. The van der Waals surface area contributed by atoms with E-state index in [9.17, 15) is 0 Å². The number of anilines is 1. The Hall–Kier alpha value is -3.23. The smallest absolute Gasteiger partial charge is 0.161 e. The number of nitrogens with zero attached hydrogens (tertiary/aromatic N) is 4. The molecular weight excluding hydrogens is 438 g/mol. The highest BCUT2D eigenvalue weighted by Crippen LogP contribution is 2.32. The number of aryl methyl sites for hydroxylation is 1. The number of aromatic amines is 1. The highest BCUT2D eigenvalue weighted by molar-refractivity contribution is 6.00. The van der Waals surface area contributed by atoms with E-state index in [1.807, 2.05) is 13.0 Å². The van der Waals surface area contributed by atoms with Crippen LogP contribution in [-0.2, 0) is 6.42 Å². The van der Waals surface area contributed by atoms with Gasteiger partial charge in [-0.25, -0.2) is 9.97 Å². The van der Waals surface area contributed by atoms with Crippen LogP contribution in [0.3, 0.4) is 0 Å². The molecule has 1 saturated heterocycles. The molecule has 0 amide bonds. The Morgan fingerprint density at radius 2 is 1.89 bits per heavy atom. The van der Waals surface area contributed by atoms with Crippen molar-refractivity contribution in [2.24, 2.45) is 11.7 Å². The number of hydrogen-bond donors (Lipinski definition) is 3. The predicted octanol–water partition coefficient (Wildman–Crippen LogP) is 4.15. The molecule has 184 valence electrons. The normalized spacial score (nSPS) is 15.3. The molecular formula is C27H35N7O. The summed E-state index contributed by atoms with van der Waals surface area (Å²) < 4.78 is 5.62. The number of H-pyrrole nitrogens is 1. The molecule has 2 aromatic heterocycles. The van der Waals surface area contributed by atoms with E-state index in [1.165, 1.54) is 12.8 Å². The first-order valence-electron chi connectivity index (χ1n) is 12.7. The minimum atomic E-state index is 0.483. The zero-order chi connectivity index (χ0) is 24.2. The maximum atomic E-state index is 6.43. The number of nitrogen functional groups attached to an aromatic ring is 1. The van der Waals surface area contributed by atoms with Gasteiger partial charge < -0.3 is 21.1 Å². The molecule has 0 spiro atoms. The summed E-state index contributed by atoms with van der Waals surface area (Å²) in [7, 11) is 0. The second-order valence-corrected chi connectivity index (χ2v) is 9.44. The maximum Gasteiger partial charge on any atom is 0.161 e.